The van der Waals surface area contributed by atoms with E-state index in [4.69, 9.17) is 4.74 Å². The van der Waals surface area contributed by atoms with E-state index in [-0.39, 0.29) is 6.23 Å². The summed E-state index contributed by atoms with van der Waals surface area (Å²) >= 11 is 0. The predicted molar refractivity (Wildman–Crippen MR) is 51.0 cm³/mol. The molecule has 0 aromatic rings. The topological polar surface area (TPSA) is 21.3 Å². The number of unbranched alkanes of at least 4 members (excludes halogenated alkanes) is 3. The molecule has 0 saturated carbocycles. The Kier molecular flexibility index (Phi) is 5.04. The summed E-state index contributed by atoms with van der Waals surface area (Å²) in [4.78, 5) is 0. The molecule has 1 N–H and O–H groups in total. The van der Waals surface area contributed by atoms with E-state index in [2.05, 4.69) is 24.4 Å². The second-order valence-electron chi connectivity index (χ2n) is 3.19. The van der Waals surface area contributed by atoms with Gasteiger partial charge in [-0.3, -0.25) is 5.32 Å². The van der Waals surface area contributed by atoms with Crippen molar-refractivity contribution in [2.45, 2.75) is 38.8 Å². The highest BCUT2D eigenvalue weighted by Gasteiger charge is 2.06. The minimum absolute atomic E-state index is 0.187. The van der Waals surface area contributed by atoms with Crippen LogP contribution in [0.4, 0.5) is 0 Å². The van der Waals surface area contributed by atoms with Gasteiger partial charge in [-0.2, -0.15) is 0 Å². The van der Waals surface area contributed by atoms with Crippen molar-refractivity contribution in [2.24, 2.45) is 0 Å². The molecule has 1 rings (SSSR count). The lowest BCUT2D eigenvalue weighted by molar-refractivity contribution is 0.0675. The second kappa shape index (κ2) is 6.21. The number of nitrogens with one attached hydrogen (secondary N) is 1. The van der Waals surface area contributed by atoms with Crippen LogP contribution in [0.15, 0.2) is 12.2 Å². The van der Waals surface area contributed by atoms with E-state index in [1.165, 1.54) is 25.7 Å². The molecular weight excluding hydrogens is 150 g/mol. The predicted octanol–water partition coefficient (Wildman–Crippen LogP) is 2.07. The van der Waals surface area contributed by atoms with Gasteiger partial charge < -0.3 is 4.74 Å². The molecule has 1 heterocycles. The summed E-state index contributed by atoms with van der Waals surface area (Å²) in [6.07, 6.45) is 9.49. The van der Waals surface area contributed by atoms with Gasteiger partial charge in [0.05, 0.1) is 0 Å². The molecule has 0 saturated heterocycles. The Morgan fingerprint density at radius 2 is 2.33 bits per heavy atom. The largest absolute Gasteiger partial charge is 0.360 e. The molecule has 1 unspecified atom stereocenters. The van der Waals surface area contributed by atoms with Gasteiger partial charge in [-0.1, -0.05) is 32.3 Å². The van der Waals surface area contributed by atoms with Gasteiger partial charge in [-0.05, 0) is 12.5 Å². The van der Waals surface area contributed by atoms with E-state index in [0.29, 0.717) is 0 Å². The first-order valence-corrected chi connectivity index (χ1v) is 4.95. The van der Waals surface area contributed by atoms with E-state index in [1.54, 1.807) is 0 Å². The second-order valence-corrected chi connectivity index (χ2v) is 3.19. The smallest absolute Gasteiger partial charge is 0.127 e. The van der Waals surface area contributed by atoms with E-state index in [0.717, 1.165) is 13.2 Å². The normalized spacial score (nSPS) is 21.9. The molecule has 1 atom stereocenters. The third-order valence-corrected chi connectivity index (χ3v) is 2.04. The Bertz CT molecular complexity index is 134. The van der Waals surface area contributed by atoms with Crippen molar-refractivity contribution < 1.29 is 4.74 Å². The SMILES string of the molecule is CCCCCCOC1C=CCN1. The van der Waals surface area contributed by atoms with Gasteiger partial charge in [0.15, 0.2) is 0 Å². The van der Waals surface area contributed by atoms with Crippen LogP contribution >= 0.6 is 0 Å². The molecule has 0 bridgehead atoms. The Labute approximate surface area is 75.0 Å². The summed E-state index contributed by atoms with van der Waals surface area (Å²) in [5, 5.41) is 3.21. The molecule has 0 spiro atoms. The van der Waals surface area contributed by atoms with Crippen LogP contribution in [-0.4, -0.2) is 19.4 Å². The van der Waals surface area contributed by atoms with E-state index >= 15 is 0 Å². The average molecular weight is 169 g/mol. The summed E-state index contributed by atoms with van der Waals surface area (Å²) in [5.41, 5.74) is 0. The maximum Gasteiger partial charge on any atom is 0.127 e. The number of rotatable bonds is 6. The molecule has 1 aliphatic rings. The van der Waals surface area contributed by atoms with Gasteiger partial charge in [0, 0.05) is 13.2 Å². The van der Waals surface area contributed by atoms with Crippen LogP contribution in [-0.2, 0) is 4.74 Å². The van der Waals surface area contributed by atoms with Gasteiger partial charge in [-0.15, -0.1) is 0 Å². The lowest BCUT2D eigenvalue weighted by Crippen LogP contribution is -2.25. The first-order valence-electron chi connectivity index (χ1n) is 4.95. The maximum atomic E-state index is 5.55. The summed E-state index contributed by atoms with van der Waals surface area (Å²) in [5.74, 6) is 0. The molecule has 70 valence electrons. The third kappa shape index (κ3) is 3.88. The maximum absolute atomic E-state index is 5.55. The Balaban J connectivity index is 1.85. The van der Waals surface area contributed by atoms with Crippen molar-refractivity contribution in [1.82, 2.24) is 5.32 Å². The fourth-order valence-electron chi connectivity index (χ4n) is 1.30. The zero-order chi connectivity index (χ0) is 8.65. The van der Waals surface area contributed by atoms with Crippen LogP contribution in [0.5, 0.6) is 0 Å². The zero-order valence-corrected chi connectivity index (χ0v) is 7.88. The van der Waals surface area contributed by atoms with Crippen molar-refractivity contribution in [3.05, 3.63) is 12.2 Å². The molecule has 0 aromatic heterocycles. The zero-order valence-electron chi connectivity index (χ0n) is 7.88. The number of ether oxygens (including phenoxy) is 1. The van der Waals surface area contributed by atoms with Gasteiger partial charge >= 0.3 is 0 Å². The van der Waals surface area contributed by atoms with Crippen molar-refractivity contribution in [3.63, 3.8) is 0 Å². The fourth-order valence-corrected chi connectivity index (χ4v) is 1.30. The third-order valence-electron chi connectivity index (χ3n) is 2.04. The lowest BCUT2D eigenvalue weighted by atomic mass is 10.2. The average Bonchev–Trinajstić information content (AvgIpc) is 2.57. The Hall–Kier alpha value is -0.340. The van der Waals surface area contributed by atoms with E-state index in [9.17, 15) is 0 Å². The summed E-state index contributed by atoms with van der Waals surface area (Å²) in [6.45, 7) is 4.07. The van der Waals surface area contributed by atoms with Gasteiger partial charge in [0.1, 0.15) is 6.23 Å². The molecule has 0 radical (unpaired) electrons. The van der Waals surface area contributed by atoms with Crippen molar-refractivity contribution >= 4 is 0 Å². The highest BCUT2D eigenvalue weighted by molar-refractivity contribution is 4.97. The molecule has 2 nitrogen and oxygen atoms in total. The van der Waals surface area contributed by atoms with Gasteiger partial charge in [0.25, 0.3) is 0 Å². The summed E-state index contributed by atoms with van der Waals surface area (Å²) in [6, 6.07) is 0. The van der Waals surface area contributed by atoms with Crippen LogP contribution in [0.2, 0.25) is 0 Å². The Morgan fingerprint density at radius 1 is 1.42 bits per heavy atom. The summed E-state index contributed by atoms with van der Waals surface area (Å²) < 4.78 is 5.55. The van der Waals surface area contributed by atoms with Crippen LogP contribution in [0.1, 0.15) is 32.6 Å². The standard InChI is InChI=1S/C10H19NO/c1-2-3-4-5-9-12-10-7-6-8-11-10/h6-7,10-11H,2-5,8-9H2,1H3. The number of hydrogen-bond donors (Lipinski definition) is 1. The van der Waals surface area contributed by atoms with Crippen LogP contribution < -0.4 is 5.32 Å². The van der Waals surface area contributed by atoms with Crippen LogP contribution in [0.25, 0.3) is 0 Å². The Morgan fingerprint density at radius 3 is 3.00 bits per heavy atom. The minimum atomic E-state index is 0.187. The highest BCUT2D eigenvalue weighted by atomic mass is 16.5. The molecule has 1 aliphatic heterocycles. The molecule has 12 heavy (non-hydrogen) atoms. The van der Waals surface area contributed by atoms with Gasteiger partial charge in [0.2, 0.25) is 0 Å². The molecule has 0 aromatic carbocycles. The molecular formula is C10H19NO. The van der Waals surface area contributed by atoms with E-state index in [1.807, 2.05) is 0 Å². The fraction of sp³-hybridized carbons (Fsp3) is 0.800. The van der Waals surface area contributed by atoms with Crippen LogP contribution in [0, 0.1) is 0 Å². The molecule has 2 heteroatoms. The summed E-state index contributed by atoms with van der Waals surface area (Å²) in [7, 11) is 0. The van der Waals surface area contributed by atoms with Crippen molar-refractivity contribution in [3.8, 4) is 0 Å². The quantitative estimate of drug-likeness (QED) is 0.485. The highest BCUT2D eigenvalue weighted by Crippen LogP contribution is 2.02. The lowest BCUT2D eigenvalue weighted by Gasteiger charge is -2.09. The minimum Gasteiger partial charge on any atom is -0.360 e. The molecule has 0 aliphatic carbocycles. The monoisotopic (exact) mass is 169 g/mol. The van der Waals surface area contributed by atoms with Crippen molar-refractivity contribution in [2.75, 3.05) is 13.2 Å². The molecule has 0 fully saturated rings. The number of hydrogen-bond acceptors (Lipinski definition) is 2. The first kappa shape index (κ1) is 9.75. The van der Waals surface area contributed by atoms with Gasteiger partial charge in [-0.25, -0.2) is 0 Å². The first-order chi connectivity index (χ1) is 5.93. The van der Waals surface area contributed by atoms with E-state index < -0.39 is 0 Å². The van der Waals surface area contributed by atoms with Crippen molar-refractivity contribution in [1.29, 1.82) is 0 Å². The van der Waals surface area contributed by atoms with Crippen LogP contribution in [0.3, 0.4) is 0 Å². The molecule has 0 amide bonds.